The van der Waals surface area contributed by atoms with Crippen LogP contribution < -0.4 is 15.5 Å². The minimum atomic E-state index is -3.86. The molecule has 3 aromatic rings. The van der Waals surface area contributed by atoms with Crippen molar-refractivity contribution in [3.8, 4) is 11.1 Å². The summed E-state index contributed by atoms with van der Waals surface area (Å²) in [6.07, 6.45) is 2.75. The van der Waals surface area contributed by atoms with E-state index in [2.05, 4.69) is 27.3 Å². The Bertz CT molecular complexity index is 1990. The number of carbonyl (C=O) groups excluding carboxylic acids is 3. The Balaban J connectivity index is 1.11. The second kappa shape index (κ2) is 14.9. The number of hydrogen-bond acceptors (Lipinski definition) is 9. The van der Waals surface area contributed by atoms with Crippen LogP contribution in [0.2, 0.25) is 0 Å². The molecule has 0 spiro atoms. The SMILES string of the molecule is C=C[C@@H]1C[C@@]1(NC(=O)[C@@H]1C[C@@H](ON=C2c3ccccc3-c3ccccc32)CN1C(=O)[C@H](NOCCc1ccccc1)C(C)C)C(=O)NS(=O)(=O)C1CC1. The molecule has 1 aliphatic heterocycles. The molecule has 4 aliphatic rings. The van der Waals surface area contributed by atoms with Crippen molar-refractivity contribution < 1.29 is 32.5 Å². The van der Waals surface area contributed by atoms with Gasteiger partial charge >= 0.3 is 0 Å². The Hall–Kier alpha value is -4.85. The third-order valence-corrected chi connectivity index (χ3v) is 12.3. The first-order chi connectivity index (χ1) is 25.5. The third-order valence-electron chi connectivity index (χ3n) is 10.5. The summed E-state index contributed by atoms with van der Waals surface area (Å²) < 4.78 is 27.6. The number of hydroxylamine groups is 1. The van der Waals surface area contributed by atoms with Crippen molar-refractivity contribution in [3.63, 3.8) is 0 Å². The van der Waals surface area contributed by atoms with Gasteiger partial charge in [-0.1, -0.05) is 104 Å². The van der Waals surface area contributed by atoms with Crippen LogP contribution in [0.4, 0.5) is 0 Å². The van der Waals surface area contributed by atoms with E-state index in [0.717, 1.165) is 27.8 Å². The highest BCUT2D eigenvalue weighted by molar-refractivity contribution is 7.91. The summed E-state index contributed by atoms with van der Waals surface area (Å²) in [5, 5.41) is 6.83. The number of benzene rings is 3. The topological polar surface area (TPSA) is 156 Å². The Labute approximate surface area is 310 Å². The largest absolute Gasteiger partial charge is 0.390 e. The van der Waals surface area contributed by atoms with Gasteiger partial charge in [-0.2, -0.15) is 5.48 Å². The number of nitrogens with zero attached hydrogens (tertiary/aromatic N) is 2. The van der Waals surface area contributed by atoms with Crippen molar-refractivity contribution in [2.45, 2.75) is 74.9 Å². The molecule has 278 valence electrons. The Morgan fingerprint density at radius 1 is 0.962 bits per heavy atom. The number of carbonyl (C=O) groups is 3. The van der Waals surface area contributed by atoms with Gasteiger partial charge in [0.2, 0.25) is 21.8 Å². The van der Waals surface area contributed by atoms with E-state index < -0.39 is 56.7 Å². The lowest BCUT2D eigenvalue weighted by Crippen LogP contribution is -2.58. The number of hydrogen-bond donors (Lipinski definition) is 3. The van der Waals surface area contributed by atoms with Crippen LogP contribution in [-0.4, -0.2) is 78.9 Å². The summed E-state index contributed by atoms with van der Waals surface area (Å²) in [6, 6.07) is 23.8. The maximum atomic E-state index is 14.3. The molecule has 3 aliphatic carbocycles. The minimum Gasteiger partial charge on any atom is -0.390 e. The summed E-state index contributed by atoms with van der Waals surface area (Å²) in [5.74, 6) is -2.46. The van der Waals surface area contributed by atoms with E-state index in [-0.39, 0.29) is 31.2 Å². The Kier molecular flexibility index (Phi) is 10.2. The molecule has 5 atom stereocenters. The lowest BCUT2D eigenvalue weighted by Gasteiger charge is -2.31. The zero-order chi connectivity index (χ0) is 37.3. The first-order valence-corrected chi connectivity index (χ1v) is 19.7. The fraction of sp³-hybridized carbons (Fsp3) is 0.400. The van der Waals surface area contributed by atoms with Crippen LogP contribution in [0.25, 0.3) is 11.1 Å². The molecule has 3 amide bonds. The number of sulfonamides is 1. The van der Waals surface area contributed by atoms with E-state index >= 15 is 0 Å². The van der Waals surface area contributed by atoms with E-state index in [1.165, 1.54) is 11.0 Å². The second-order valence-electron chi connectivity index (χ2n) is 14.6. The molecule has 0 aromatic heterocycles. The molecular weight excluding hydrogens is 695 g/mol. The summed E-state index contributed by atoms with van der Waals surface area (Å²) in [5.41, 5.74) is 7.12. The molecule has 2 saturated carbocycles. The van der Waals surface area contributed by atoms with Gasteiger partial charge in [0, 0.05) is 23.5 Å². The molecular formula is C40H45N5O7S. The van der Waals surface area contributed by atoms with Crippen molar-refractivity contribution in [1.29, 1.82) is 0 Å². The molecule has 0 radical (unpaired) electrons. The van der Waals surface area contributed by atoms with Gasteiger partial charge in [0.1, 0.15) is 29.4 Å². The maximum absolute atomic E-state index is 14.3. The summed E-state index contributed by atoms with van der Waals surface area (Å²) >= 11 is 0. The highest BCUT2D eigenvalue weighted by atomic mass is 32.2. The molecule has 1 heterocycles. The molecule has 0 unspecified atom stereocenters. The van der Waals surface area contributed by atoms with Gasteiger partial charge in [0.15, 0.2) is 0 Å². The van der Waals surface area contributed by atoms with Crippen molar-refractivity contribution in [2.75, 3.05) is 13.2 Å². The van der Waals surface area contributed by atoms with Crippen molar-refractivity contribution in [2.24, 2.45) is 17.0 Å². The molecule has 53 heavy (non-hydrogen) atoms. The van der Waals surface area contributed by atoms with Crippen LogP contribution in [0.15, 0.2) is 96.7 Å². The number of fused-ring (bicyclic) bond motifs is 3. The van der Waals surface area contributed by atoms with Crippen LogP contribution in [0.1, 0.15) is 56.2 Å². The predicted octanol–water partition coefficient (Wildman–Crippen LogP) is 3.86. The monoisotopic (exact) mass is 739 g/mol. The summed E-state index contributed by atoms with van der Waals surface area (Å²) in [7, 11) is -3.86. The normalized spacial score (nSPS) is 23.5. The Morgan fingerprint density at radius 2 is 1.58 bits per heavy atom. The van der Waals surface area contributed by atoms with Gasteiger partial charge in [0.25, 0.3) is 5.91 Å². The fourth-order valence-electron chi connectivity index (χ4n) is 7.22. The standard InChI is InChI=1S/C40H45N5O7S/c1-4-27-23-40(27,39(48)44-53(49,50)29-18-19-29)41-37(46)34-22-28(52-43-36-32-16-10-8-14-30(32)31-15-9-11-17-33(31)36)24-45(34)38(47)35(25(2)3)42-51-21-20-26-12-6-5-7-13-26/h4-17,25,27-29,34-35,42H,1,18-24H2,2-3H3,(H,41,46)(H,44,48)/t27-,28-,34+,35-,40+/m1/s1. The summed E-state index contributed by atoms with van der Waals surface area (Å²) in [6.45, 7) is 7.93. The van der Waals surface area contributed by atoms with Crippen LogP contribution in [0, 0.1) is 11.8 Å². The third kappa shape index (κ3) is 7.51. The average Bonchev–Trinajstić information content (AvgIpc) is 4.07. The number of nitrogens with one attached hydrogen (secondary N) is 3. The van der Waals surface area contributed by atoms with E-state index in [1.54, 1.807) is 0 Å². The van der Waals surface area contributed by atoms with Crippen LogP contribution in [0.5, 0.6) is 0 Å². The van der Waals surface area contributed by atoms with Gasteiger partial charge in [-0.3, -0.25) is 19.1 Å². The molecule has 1 saturated heterocycles. The molecule has 12 nitrogen and oxygen atoms in total. The lowest BCUT2D eigenvalue weighted by molar-refractivity contribution is -0.145. The van der Waals surface area contributed by atoms with Gasteiger partial charge in [-0.25, -0.2) is 8.42 Å². The second-order valence-corrected chi connectivity index (χ2v) is 16.6. The molecule has 0 bridgehead atoms. The minimum absolute atomic E-state index is 0.0477. The first-order valence-electron chi connectivity index (χ1n) is 18.2. The Morgan fingerprint density at radius 3 is 2.17 bits per heavy atom. The smallest absolute Gasteiger partial charge is 0.259 e. The predicted molar refractivity (Wildman–Crippen MR) is 200 cm³/mol. The fourth-order valence-corrected chi connectivity index (χ4v) is 8.58. The van der Waals surface area contributed by atoms with E-state index in [0.29, 0.717) is 31.6 Å². The maximum Gasteiger partial charge on any atom is 0.259 e. The van der Waals surface area contributed by atoms with Crippen molar-refractivity contribution in [3.05, 3.63) is 108 Å². The molecule has 3 N–H and O–H groups in total. The van der Waals surface area contributed by atoms with Crippen LogP contribution in [0.3, 0.4) is 0 Å². The van der Waals surface area contributed by atoms with E-state index in [1.807, 2.05) is 92.7 Å². The number of rotatable bonds is 15. The summed E-state index contributed by atoms with van der Waals surface area (Å²) in [4.78, 5) is 55.5. The van der Waals surface area contributed by atoms with Crippen molar-refractivity contribution >= 4 is 33.5 Å². The number of amides is 3. The van der Waals surface area contributed by atoms with Gasteiger partial charge in [-0.05, 0) is 48.3 Å². The zero-order valence-electron chi connectivity index (χ0n) is 29.9. The highest BCUT2D eigenvalue weighted by Crippen LogP contribution is 2.45. The van der Waals surface area contributed by atoms with Crippen LogP contribution >= 0.6 is 0 Å². The highest BCUT2D eigenvalue weighted by Gasteiger charge is 2.62. The van der Waals surface area contributed by atoms with Gasteiger partial charge < -0.3 is 19.9 Å². The van der Waals surface area contributed by atoms with Gasteiger partial charge in [0.05, 0.1) is 18.4 Å². The molecule has 13 heteroatoms. The molecule has 7 rings (SSSR count). The quantitative estimate of drug-likeness (QED) is 0.0944. The molecule has 3 fully saturated rings. The first kappa shape index (κ1) is 36.5. The van der Waals surface area contributed by atoms with Crippen molar-refractivity contribution in [1.82, 2.24) is 20.4 Å². The molecule has 3 aromatic carbocycles. The van der Waals surface area contributed by atoms with Crippen LogP contribution in [-0.2, 0) is 40.5 Å². The lowest BCUT2D eigenvalue weighted by atomic mass is 10.0. The zero-order valence-corrected chi connectivity index (χ0v) is 30.7. The average molecular weight is 740 g/mol. The van der Waals surface area contributed by atoms with E-state index in [9.17, 15) is 22.8 Å². The van der Waals surface area contributed by atoms with E-state index in [4.69, 9.17) is 9.68 Å². The number of oxime groups is 1. The van der Waals surface area contributed by atoms with Gasteiger partial charge in [-0.15, -0.1) is 6.58 Å². The number of likely N-dealkylation sites (tertiary alicyclic amines) is 1.